The highest BCUT2D eigenvalue weighted by Gasteiger charge is 2.17. The fourth-order valence-corrected chi connectivity index (χ4v) is 2.96. The van der Waals surface area contributed by atoms with Crippen molar-refractivity contribution in [2.24, 2.45) is 0 Å². The van der Waals surface area contributed by atoms with Gasteiger partial charge in [0.1, 0.15) is 5.75 Å². The lowest BCUT2D eigenvalue weighted by Crippen LogP contribution is -2.43. The first-order chi connectivity index (χ1) is 11.1. The zero-order valence-corrected chi connectivity index (χ0v) is 15.7. The smallest absolute Gasteiger partial charge is 0.315 e. The van der Waals surface area contributed by atoms with Gasteiger partial charge in [0.25, 0.3) is 0 Å². The standard InChI is InChI=1S/C16H27N3O4S/c1-12(2)18-16(20)17-10-11-19(24(5,21)22)14-6-8-15(9-7-14)23-13(3)4/h6-9,12-13H,10-11H2,1-5H3,(H2,17,18,20). The summed E-state index contributed by atoms with van der Waals surface area (Å²) in [5.74, 6) is 0.677. The fourth-order valence-electron chi connectivity index (χ4n) is 2.03. The van der Waals surface area contributed by atoms with Crippen LogP contribution in [0.5, 0.6) is 5.75 Å². The molecule has 0 aliphatic heterocycles. The number of ether oxygens (including phenoxy) is 1. The molecule has 136 valence electrons. The van der Waals surface area contributed by atoms with Crippen molar-refractivity contribution in [1.29, 1.82) is 0 Å². The molecule has 2 amide bonds. The third-order valence-electron chi connectivity index (χ3n) is 2.92. The second-order valence-corrected chi connectivity index (χ2v) is 7.96. The number of hydrogen-bond acceptors (Lipinski definition) is 4. The molecule has 0 aliphatic carbocycles. The molecule has 0 spiro atoms. The van der Waals surface area contributed by atoms with E-state index in [1.54, 1.807) is 24.3 Å². The zero-order valence-electron chi connectivity index (χ0n) is 14.9. The summed E-state index contributed by atoms with van der Waals surface area (Å²) >= 11 is 0. The molecule has 24 heavy (non-hydrogen) atoms. The van der Waals surface area contributed by atoms with E-state index in [4.69, 9.17) is 4.74 Å². The highest BCUT2D eigenvalue weighted by atomic mass is 32.2. The van der Waals surface area contributed by atoms with E-state index in [0.717, 1.165) is 6.26 Å². The van der Waals surface area contributed by atoms with Crippen molar-refractivity contribution in [3.63, 3.8) is 0 Å². The molecule has 0 saturated heterocycles. The third-order valence-corrected chi connectivity index (χ3v) is 4.11. The van der Waals surface area contributed by atoms with Gasteiger partial charge < -0.3 is 15.4 Å². The average molecular weight is 357 g/mol. The van der Waals surface area contributed by atoms with E-state index in [9.17, 15) is 13.2 Å². The van der Waals surface area contributed by atoms with Gasteiger partial charge in [0.05, 0.1) is 24.6 Å². The average Bonchev–Trinajstić information content (AvgIpc) is 2.42. The largest absolute Gasteiger partial charge is 0.491 e. The van der Waals surface area contributed by atoms with E-state index in [2.05, 4.69) is 10.6 Å². The Kier molecular flexibility index (Phi) is 7.34. The molecule has 0 bridgehead atoms. The number of urea groups is 1. The minimum atomic E-state index is -3.45. The highest BCUT2D eigenvalue weighted by molar-refractivity contribution is 7.92. The van der Waals surface area contributed by atoms with Crippen molar-refractivity contribution >= 4 is 21.7 Å². The molecule has 1 rings (SSSR count). The molecule has 7 nitrogen and oxygen atoms in total. The van der Waals surface area contributed by atoms with Crippen molar-refractivity contribution in [2.75, 3.05) is 23.7 Å². The van der Waals surface area contributed by atoms with E-state index >= 15 is 0 Å². The molecular formula is C16H27N3O4S. The summed E-state index contributed by atoms with van der Waals surface area (Å²) in [6.45, 7) is 7.89. The summed E-state index contributed by atoms with van der Waals surface area (Å²) < 4.78 is 30.8. The summed E-state index contributed by atoms with van der Waals surface area (Å²) in [4.78, 5) is 11.6. The Labute approximate surface area is 144 Å². The summed E-state index contributed by atoms with van der Waals surface area (Å²) in [5.41, 5.74) is 0.527. The molecule has 0 unspecified atom stereocenters. The molecular weight excluding hydrogens is 330 g/mol. The predicted octanol–water partition coefficient (Wildman–Crippen LogP) is 1.95. The summed E-state index contributed by atoms with van der Waals surface area (Å²) in [6.07, 6.45) is 1.19. The molecule has 0 heterocycles. The van der Waals surface area contributed by atoms with Crippen LogP contribution in [-0.2, 0) is 10.0 Å². The van der Waals surface area contributed by atoms with Gasteiger partial charge in [-0.1, -0.05) is 0 Å². The van der Waals surface area contributed by atoms with Gasteiger partial charge in [-0.25, -0.2) is 13.2 Å². The Hall–Kier alpha value is -1.96. The topological polar surface area (TPSA) is 87.7 Å². The zero-order chi connectivity index (χ0) is 18.3. The van der Waals surface area contributed by atoms with Gasteiger partial charge in [-0.2, -0.15) is 0 Å². The van der Waals surface area contributed by atoms with Crippen LogP contribution in [0.1, 0.15) is 27.7 Å². The van der Waals surface area contributed by atoms with E-state index in [1.807, 2.05) is 27.7 Å². The van der Waals surface area contributed by atoms with Gasteiger partial charge in [0.15, 0.2) is 0 Å². The highest BCUT2D eigenvalue weighted by Crippen LogP contribution is 2.22. The molecule has 0 aliphatic rings. The third kappa shape index (κ3) is 7.08. The quantitative estimate of drug-likeness (QED) is 0.744. The van der Waals surface area contributed by atoms with Crippen LogP contribution in [0.2, 0.25) is 0 Å². The number of sulfonamides is 1. The molecule has 0 radical (unpaired) electrons. The van der Waals surface area contributed by atoms with Crippen LogP contribution >= 0.6 is 0 Å². The van der Waals surface area contributed by atoms with Gasteiger partial charge >= 0.3 is 6.03 Å². The van der Waals surface area contributed by atoms with E-state index in [1.165, 1.54) is 4.31 Å². The Bertz CT molecular complexity index is 627. The number of nitrogens with zero attached hydrogens (tertiary/aromatic N) is 1. The van der Waals surface area contributed by atoms with Crippen LogP contribution in [0.3, 0.4) is 0 Å². The van der Waals surface area contributed by atoms with Crippen LogP contribution in [0.4, 0.5) is 10.5 Å². The molecule has 0 fully saturated rings. The first-order valence-corrected chi connectivity index (χ1v) is 9.73. The number of hydrogen-bond donors (Lipinski definition) is 2. The maximum Gasteiger partial charge on any atom is 0.315 e. The number of anilines is 1. The van der Waals surface area contributed by atoms with Gasteiger partial charge in [-0.15, -0.1) is 0 Å². The minimum Gasteiger partial charge on any atom is -0.491 e. The molecule has 0 atom stereocenters. The van der Waals surface area contributed by atoms with Crippen molar-refractivity contribution in [3.05, 3.63) is 24.3 Å². The maximum absolute atomic E-state index is 12.0. The number of rotatable bonds is 8. The second kappa shape index (κ2) is 8.77. The maximum atomic E-state index is 12.0. The van der Waals surface area contributed by atoms with Crippen molar-refractivity contribution in [3.8, 4) is 5.75 Å². The second-order valence-electron chi connectivity index (χ2n) is 6.05. The van der Waals surface area contributed by atoms with Crippen molar-refractivity contribution < 1.29 is 17.9 Å². The van der Waals surface area contributed by atoms with Crippen molar-refractivity contribution in [1.82, 2.24) is 10.6 Å². The number of benzene rings is 1. The lowest BCUT2D eigenvalue weighted by atomic mass is 10.3. The van der Waals surface area contributed by atoms with E-state index in [0.29, 0.717) is 11.4 Å². The van der Waals surface area contributed by atoms with Crippen LogP contribution in [0.15, 0.2) is 24.3 Å². The normalized spacial score (nSPS) is 11.5. The van der Waals surface area contributed by atoms with Crippen LogP contribution in [0.25, 0.3) is 0 Å². The molecule has 2 N–H and O–H groups in total. The Morgan fingerprint density at radius 3 is 2.21 bits per heavy atom. The van der Waals surface area contributed by atoms with Crippen LogP contribution in [0, 0.1) is 0 Å². The fraction of sp³-hybridized carbons (Fsp3) is 0.562. The van der Waals surface area contributed by atoms with Gasteiger partial charge in [0, 0.05) is 12.6 Å². The minimum absolute atomic E-state index is 0.0181. The Balaban J connectivity index is 2.74. The molecule has 1 aromatic rings. The number of carbonyl (C=O) groups is 1. The van der Waals surface area contributed by atoms with E-state index in [-0.39, 0.29) is 31.3 Å². The summed E-state index contributed by atoms with van der Waals surface area (Å²) in [6, 6.07) is 6.53. The molecule has 0 aromatic heterocycles. The van der Waals surface area contributed by atoms with Crippen molar-refractivity contribution in [2.45, 2.75) is 39.8 Å². The molecule has 1 aromatic carbocycles. The summed E-state index contributed by atoms with van der Waals surface area (Å²) in [5, 5.41) is 5.33. The lowest BCUT2D eigenvalue weighted by Gasteiger charge is -2.23. The van der Waals surface area contributed by atoms with Gasteiger partial charge in [0.2, 0.25) is 10.0 Å². The summed E-state index contributed by atoms with van der Waals surface area (Å²) in [7, 11) is -3.45. The Morgan fingerprint density at radius 2 is 1.75 bits per heavy atom. The number of nitrogens with one attached hydrogen (secondary N) is 2. The Morgan fingerprint density at radius 1 is 1.17 bits per heavy atom. The van der Waals surface area contributed by atoms with Crippen LogP contribution in [-0.4, -0.2) is 45.9 Å². The van der Waals surface area contributed by atoms with Gasteiger partial charge in [-0.05, 0) is 52.0 Å². The first-order valence-electron chi connectivity index (χ1n) is 7.88. The molecule has 8 heteroatoms. The lowest BCUT2D eigenvalue weighted by molar-refractivity contribution is 0.239. The number of amides is 2. The predicted molar refractivity (Wildman–Crippen MR) is 96.1 cm³/mol. The number of carbonyl (C=O) groups excluding carboxylic acids is 1. The van der Waals surface area contributed by atoms with Gasteiger partial charge in [-0.3, -0.25) is 4.31 Å². The SMILES string of the molecule is CC(C)NC(=O)NCCN(c1ccc(OC(C)C)cc1)S(C)(=O)=O. The molecule has 0 saturated carbocycles. The van der Waals surface area contributed by atoms with Crippen LogP contribution < -0.4 is 19.7 Å². The first kappa shape index (κ1) is 20.1. The monoisotopic (exact) mass is 357 g/mol. The van der Waals surface area contributed by atoms with E-state index < -0.39 is 10.0 Å².